The number of aliphatic hydroxyl groups excluding tert-OH is 2. The lowest BCUT2D eigenvalue weighted by Crippen LogP contribution is -3.00. The number of hydrogen-bond donors (Lipinski definition) is 5. The largest absolute Gasteiger partial charge is 1.00 e. The first-order valence-corrected chi connectivity index (χ1v) is 10.7. The molecular formula is C17H25BrN6O5S. The fourth-order valence-corrected chi connectivity index (χ4v) is 5.33. The Morgan fingerprint density at radius 3 is 2.77 bits per heavy atom. The SMILES string of the molecule is C=CC[S+](CC[C@H](N)C(=O)O)C[C@H]1O[C@@H](n2cnc3c(N)ncnc32)[C@H](O)[C@@H]1O.[Br-]. The molecule has 0 aliphatic carbocycles. The molecule has 0 saturated carbocycles. The number of rotatable bonds is 9. The van der Waals surface area contributed by atoms with Crippen molar-refractivity contribution in [3.8, 4) is 0 Å². The number of imidazole rings is 1. The molecule has 13 heteroatoms. The monoisotopic (exact) mass is 504 g/mol. The topological polar surface area (TPSA) is 183 Å². The molecule has 7 N–H and O–H groups in total. The molecule has 1 aliphatic rings. The molecule has 11 nitrogen and oxygen atoms in total. The van der Waals surface area contributed by atoms with Crippen molar-refractivity contribution < 1.29 is 41.8 Å². The first kappa shape index (κ1) is 24.5. The van der Waals surface area contributed by atoms with Gasteiger partial charge in [0.05, 0.1) is 6.33 Å². The van der Waals surface area contributed by atoms with Crippen LogP contribution in [0.25, 0.3) is 11.2 Å². The highest BCUT2D eigenvalue weighted by Gasteiger charge is 2.47. The minimum atomic E-state index is -1.19. The third-order valence-electron chi connectivity index (χ3n) is 4.79. The molecule has 0 bridgehead atoms. The van der Waals surface area contributed by atoms with Gasteiger partial charge in [0, 0.05) is 6.42 Å². The van der Waals surface area contributed by atoms with Crippen LogP contribution < -0.4 is 28.4 Å². The zero-order valence-electron chi connectivity index (χ0n) is 16.0. The molecule has 6 atom stereocenters. The van der Waals surface area contributed by atoms with E-state index in [9.17, 15) is 15.0 Å². The summed E-state index contributed by atoms with van der Waals surface area (Å²) < 4.78 is 7.48. The van der Waals surface area contributed by atoms with Crippen LogP contribution in [-0.4, -0.2) is 82.4 Å². The van der Waals surface area contributed by atoms with Gasteiger partial charge in [0.15, 0.2) is 17.7 Å². The number of carbonyl (C=O) groups is 1. The van der Waals surface area contributed by atoms with Gasteiger partial charge in [-0.2, -0.15) is 0 Å². The van der Waals surface area contributed by atoms with Gasteiger partial charge in [-0.1, -0.05) is 6.58 Å². The Morgan fingerprint density at radius 1 is 1.37 bits per heavy atom. The summed E-state index contributed by atoms with van der Waals surface area (Å²) in [6, 6.07) is -0.940. The van der Waals surface area contributed by atoms with Crippen LogP contribution in [0, 0.1) is 0 Å². The number of aliphatic hydroxyl groups is 2. The third kappa shape index (κ3) is 5.10. The average molecular weight is 505 g/mol. The van der Waals surface area contributed by atoms with Crippen molar-refractivity contribution in [3.63, 3.8) is 0 Å². The van der Waals surface area contributed by atoms with Gasteiger partial charge in [-0.3, -0.25) is 9.36 Å². The second-order valence-electron chi connectivity index (χ2n) is 6.80. The first-order chi connectivity index (χ1) is 13.8. The highest BCUT2D eigenvalue weighted by atomic mass is 79.9. The highest BCUT2D eigenvalue weighted by molar-refractivity contribution is 7.97. The van der Waals surface area contributed by atoms with Crippen LogP contribution >= 0.6 is 0 Å². The van der Waals surface area contributed by atoms with Crippen molar-refractivity contribution in [2.24, 2.45) is 5.73 Å². The molecule has 0 radical (unpaired) electrons. The fraction of sp³-hybridized carbons (Fsp3) is 0.529. The number of nitrogen functional groups attached to an aromatic ring is 1. The minimum absolute atomic E-state index is 0. The molecule has 1 unspecified atom stereocenters. The lowest BCUT2D eigenvalue weighted by Gasteiger charge is -2.16. The Morgan fingerprint density at radius 2 is 2.10 bits per heavy atom. The van der Waals surface area contributed by atoms with Gasteiger partial charge in [0.1, 0.15) is 53.5 Å². The second kappa shape index (κ2) is 10.5. The highest BCUT2D eigenvalue weighted by Crippen LogP contribution is 2.33. The van der Waals surface area contributed by atoms with Crippen LogP contribution in [0.4, 0.5) is 5.82 Å². The number of ether oxygens (including phenoxy) is 1. The van der Waals surface area contributed by atoms with Gasteiger partial charge >= 0.3 is 5.97 Å². The van der Waals surface area contributed by atoms with Gasteiger partial charge in [-0.15, -0.1) is 0 Å². The van der Waals surface area contributed by atoms with Gasteiger partial charge in [0.25, 0.3) is 0 Å². The van der Waals surface area contributed by atoms with Crippen molar-refractivity contribution >= 4 is 33.8 Å². The molecule has 166 valence electrons. The van der Waals surface area contributed by atoms with Crippen LogP contribution in [0.2, 0.25) is 0 Å². The number of nitrogens with zero attached hydrogens (tertiary/aromatic N) is 4. The molecular weight excluding hydrogens is 480 g/mol. The van der Waals surface area contributed by atoms with Gasteiger partial charge in [0.2, 0.25) is 0 Å². The van der Waals surface area contributed by atoms with E-state index in [1.807, 2.05) is 0 Å². The van der Waals surface area contributed by atoms with Crippen molar-refractivity contribution in [2.45, 2.75) is 37.0 Å². The smallest absolute Gasteiger partial charge is 0.320 e. The molecule has 30 heavy (non-hydrogen) atoms. The van der Waals surface area contributed by atoms with Gasteiger partial charge < -0.3 is 48.5 Å². The zero-order chi connectivity index (χ0) is 21.1. The molecule has 0 amide bonds. The van der Waals surface area contributed by atoms with Crippen molar-refractivity contribution in [1.82, 2.24) is 19.5 Å². The van der Waals surface area contributed by atoms with E-state index in [1.165, 1.54) is 17.2 Å². The number of aliphatic carboxylic acids is 1. The predicted molar refractivity (Wildman–Crippen MR) is 108 cm³/mol. The Balaban J connectivity index is 0.00000320. The number of carboxylic acid groups (broad SMARTS) is 1. The summed E-state index contributed by atoms with van der Waals surface area (Å²) in [5.41, 5.74) is 12.2. The maximum absolute atomic E-state index is 10.9. The van der Waals surface area contributed by atoms with Gasteiger partial charge in [-0.25, -0.2) is 15.0 Å². The molecule has 1 aliphatic heterocycles. The number of halogens is 1. The van der Waals surface area contributed by atoms with Crippen molar-refractivity contribution in [3.05, 3.63) is 25.3 Å². The lowest BCUT2D eigenvalue weighted by atomic mass is 10.1. The van der Waals surface area contributed by atoms with Gasteiger partial charge in [-0.05, 0) is 17.0 Å². The van der Waals surface area contributed by atoms with Crippen LogP contribution in [0.5, 0.6) is 0 Å². The van der Waals surface area contributed by atoms with Crippen LogP contribution in [-0.2, 0) is 20.4 Å². The lowest BCUT2D eigenvalue weighted by molar-refractivity contribution is -0.138. The fourth-order valence-electron chi connectivity index (χ4n) is 3.20. The summed E-state index contributed by atoms with van der Waals surface area (Å²) in [4.78, 5) is 23.1. The number of hydrogen-bond acceptors (Lipinski definition) is 9. The summed E-state index contributed by atoms with van der Waals surface area (Å²) in [6.07, 6.45) is 0.943. The molecule has 1 fully saturated rings. The van der Waals surface area contributed by atoms with E-state index < -0.39 is 36.6 Å². The maximum atomic E-state index is 10.9. The molecule has 1 saturated heterocycles. The first-order valence-electron chi connectivity index (χ1n) is 9.01. The number of aromatic nitrogens is 4. The summed E-state index contributed by atoms with van der Waals surface area (Å²) in [5, 5.41) is 30.0. The van der Waals surface area contributed by atoms with E-state index in [1.54, 1.807) is 6.08 Å². The summed E-state index contributed by atoms with van der Waals surface area (Å²) in [5.74, 6) is 0.799. The summed E-state index contributed by atoms with van der Waals surface area (Å²) in [6.45, 7) is 3.74. The quantitative estimate of drug-likeness (QED) is 0.165. The molecule has 0 aromatic carbocycles. The maximum Gasteiger partial charge on any atom is 0.320 e. The van der Waals surface area contributed by atoms with E-state index in [-0.39, 0.29) is 33.7 Å². The average Bonchev–Trinajstić information content (AvgIpc) is 3.23. The van der Waals surface area contributed by atoms with Crippen molar-refractivity contribution in [2.75, 3.05) is 23.0 Å². The number of anilines is 1. The van der Waals surface area contributed by atoms with E-state index in [0.29, 0.717) is 34.8 Å². The molecule has 0 spiro atoms. The Hall–Kier alpha value is -1.77. The molecule has 3 heterocycles. The van der Waals surface area contributed by atoms with E-state index >= 15 is 0 Å². The van der Waals surface area contributed by atoms with Crippen LogP contribution in [0.1, 0.15) is 12.6 Å². The normalized spacial score (nSPS) is 25.6. The Bertz CT molecular complexity index is 885. The van der Waals surface area contributed by atoms with E-state index in [2.05, 4.69) is 21.5 Å². The van der Waals surface area contributed by atoms with Crippen LogP contribution in [0.15, 0.2) is 25.3 Å². The standard InChI is InChI=1S/C17H24N6O5S.BrH/c1-2-4-29(5-3-9(18)17(26)27)6-10-12(24)13(25)16(28-10)23-8-22-11-14(19)20-7-21-15(11)23;/h2,7-10,12-13,16,24-25H,1,3-6,18H2,(H2-,19,20,21,26,27);1H/t9-,10+,12+,13+,16+,29?;/m0./s1. The second-order valence-corrected chi connectivity index (χ2v) is 9.10. The predicted octanol–water partition coefficient (Wildman–Crippen LogP) is -4.36. The minimum Gasteiger partial charge on any atom is -1.00 e. The van der Waals surface area contributed by atoms with E-state index in [0.717, 1.165) is 0 Å². The zero-order valence-corrected chi connectivity index (χ0v) is 18.4. The molecule has 2 aromatic heterocycles. The molecule has 3 rings (SSSR count). The number of fused-ring (bicyclic) bond motifs is 1. The molecule has 2 aromatic rings. The number of nitrogens with two attached hydrogens (primary N) is 2. The Labute approximate surface area is 186 Å². The summed E-state index contributed by atoms with van der Waals surface area (Å²) in [7, 11) is -0.308. The third-order valence-corrected chi connectivity index (χ3v) is 7.11. The Kier molecular flexibility index (Phi) is 8.58. The summed E-state index contributed by atoms with van der Waals surface area (Å²) >= 11 is 0. The van der Waals surface area contributed by atoms with Crippen molar-refractivity contribution in [1.29, 1.82) is 0 Å². The number of carboxylic acids is 1. The van der Waals surface area contributed by atoms with Crippen LogP contribution in [0.3, 0.4) is 0 Å². The van der Waals surface area contributed by atoms with E-state index in [4.69, 9.17) is 21.3 Å².